The van der Waals surface area contributed by atoms with Crippen LogP contribution in [0.15, 0.2) is 48.8 Å². The quantitative estimate of drug-likeness (QED) is 0.251. The maximum absolute atomic E-state index is 13.8. The van der Waals surface area contributed by atoms with E-state index in [0.717, 1.165) is 33.4 Å². The van der Waals surface area contributed by atoms with Crippen LogP contribution in [0, 0.1) is 12.3 Å². The van der Waals surface area contributed by atoms with Crippen LogP contribution in [0.2, 0.25) is 0 Å². The van der Waals surface area contributed by atoms with Crippen LogP contribution in [-0.2, 0) is 21.5 Å². The first-order chi connectivity index (χ1) is 21.2. The summed E-state index contributed by atoms with van der Waals surface area (Å²) in [5, 5.41) is 6.55. The molecule has 2 aromatic heterocycles. The molecular formula is C35H41N7O3. The van der Waals surface area contributed by atoms with E-state index in [1.165, 1.54) is 0 Å². The van der Waals surface area contributed by atoms with Gasteiger partial charge in [-0.25, -0.2) is 9.97 Å². The predicted octanol–water partition coefficient (Wildman–Crippen LogP) is 5.59. The lowest BCUT2D eigenvalue weighted by molar-refractivity contribution is -0.129. The van der Waals surface area contributed by atoms with Gasteiger partial charge in [0.25, 0.3) is 0 Å². The van der Waals surface area contributed by atoms with E-state index in [1.807, 2.05) is 88.3 Å². The van der Waals surface area contributed by atoms with Crippen molar-refractivity contribution in [2.24, 2.45) is 11.1 Å². The largest absolute Gasteiger partial charge is 0.366 e. The number of fused-ring (bicyclic) bond motifs is 2. The van der Waals surface area contributed by atoms with Crippen molar-refractivity contribution in [1.82, 2.24) is 19.9 Å². The lowest BCUT2D eigenvalue weighted by Crippen LogP contribution is -2.57. The Morgan fingerprint density at radius 2 is 1.82 bits per heavy atom. The molecule has 0 saturated heterocycles. The Kier molecular flexibility index (Phi) is 7.21. The van der Waals surface area contributed by atoms with Gasteiger partial charge in [-0.15, -0.1) is 0 Å². The number of rotatable bonds is 7. The van der Waals surface area contributed by atoms with E-state index in [4.69, 9.17) is 10.7 Å². The highest BCUT2D eigenvalue weighted by atomic mass is 16.2. The van der Waals surface area contributed by atoms with Crippen molar-refractivity contribution in [3.63, 3.8) is 0 Å². The standard InChI is InChI=1S/C35H41N7O3/c1-8-41-18-37-27-17-26(40-31(29(27)41)38-21-11-9-19(2)24(16-21)30(36)43)20-10-12-25-28(13-20)42(33(45)35(25,6)7)23-14-22(15-23)39-32(44)34(3,4)5/h9-13,16-18,22-23H,8,14-15H2,1-7H3,(H2,36,43)(H,38,40)(H,39,44). The number of benzene rings is 2. The first-order valence-electron chi connectivity index (χ1n) is 15.5. The van der Waals surface area contributed by atoms with Crippen molar-refractivity contribution in [3.05, 3.63) is 65.5 Å². The van der Waals surface area contributed by atoms with E-state index < -0.39 is 16.7 Å². The van der Waals surface area contributed by atoms with Gasteiger partial charge in [0.05, 0.1) is 23.0 Å². The van der Waals surface area contributed by atoms with E-state index in [0.29, 0.717) is 42.1 Å². The number of anilines is 3. The van der Waals surface area contributed by atoms with Crippen molar-refractivity contribution in [3.8, 4) is 11.3 Å². The van der Waals surface area contributed by atoms with Gasteiger partial charge in [0.2, 0.25) is 17.7 Å². The Labute approximate surface area is 263 Å². The second kappa shape index (κ2) is 10.7. The second-order valence-electron chi connectivity index (χ2n) is 13.9. The number of carbonyl (C=O) groups is 3. The summed E-state index contributed by atoms with van der Waals surface area (Å²) in [6.45, 7) is 14.2. The van der Waals surface area contributed by atoms with Crippen molar-refractivity contribution >= 4 is 45.9 Å². The Bertz CT molecular complexity index is 1860. The van der Waals surface area contributed by atoms with Gasteiger partial charge in [-0.05, 0) is 75.9 Å². The van der Waals surface area contributed by atoms with Gasteiger partial charge >= 0.3 is 0 Å². The van der Waals surface area contributed by atoms with Crippen molar-refractivity contribution in [2.75, 3.05) is 10.2 Å². The molecule has 1 fully saturated rings. The zero-order valence-corrected chi connectivity index (χ0v) is 27.0. The average molecular weight is 608 g/mol. The van der Waals surface area contributed by atoms with Crippen LogP contribution in [0.25, 0.3) is 22.3 Å². The Balaban J connectivity index is 1.37. The summed E-state index contributed by atoms with van der Waals surface area (Å²) in [6.07, 6.45) is 3.22. The minimum absolute atomic E-state index is 0.00690. The molecule has 1 aliphatic heterocycles. The van der Waals surface area contributed by atoms with E-state index in [2.05, 4.69) is 21.7 Å². The summed E-state index contributed by atoms with van der Waals surface area (Å²) >= 11 is 0. The molecule has 0 radical (unpaired) electrons. The number of carbonyl (C=O) groups excluding carboxylic acids is 3. The SMILES string of the molecule is CCn1cnc2cc(-c3ccc4c(c3)N(C3CC(NC(=O)C(C)(C)C)C3)C(=O)C4(C)C)nc(Nc3ccc(C)c(C(N)=O)c3)c21. The predicted molar refractivity (Wildman–Crippen MR) is 177 cm³/mol. The summed E-state index contributed by atoms with van der Waals surface area (Å²) in [4.78, 5) is 50.0. The molecule has 0 unspecified atom stereocenters. The number of amides is 3. The van der Waals surface area contributed by atoms with Crippen molar-refractivity contribution in [1.29, 1.82) is 0 Å². The number of hydrogen-bond donors (Lipinski definition) is 3. The monoisotopic (exact) mass is 607 g/mol. The number of imidazole rings is 1. The molecule has 2 aliphatic rings. The molecule has 1 saturated carbocycles. The summed E-state index contributed by atoms with van der Waals surface area (Å²) in [5.41, 5.74) is 11.5. The third kappa shape index (κ3) is 5.22. The molecule has 4 aromatic rings. The van der Waals surface area contributed by atoms with Crippen LogP contribution in [-0.4, -0.2) is 44.3 Å². The fraction of sp³-hybridized carbons (Fsp3) is 0.400. The summed E-state index contributed by atoms with van der Waals surface area (Å²) in [5.74, 6) is 0.203. The number of nitrogens with two attached hydrogens (primary N) is 1. The van der Waals surface area contributed by atoms with Gasteiger partial charge < -0.3 is 25.8 Å². The third-order valence-corrected chi connectivity index (χ3v) is 9.18. The van der Waals surface area contributed by atoms with E-state index in [1.54, 1.807) is 12.4 Å². The average Bonchev–Trinajstić information content (AvgIpc) is 3.46. The highest BCUT2D eigenvalue weighted by Crippen LogP contribution is 2.47. The van der Waals surface area contributed by atoms with Crippen molar-refractivity contribution in [2.45, 2.75) is 85.4 Å². The summed E-state index contributed by atoms with van der Waals surface area (Å²) in [7, 11) is 0. The molecule has 3 heterocycles. The molecule has 2 aromatic carbocycles. The first-order valence-corrected chi connectivity index (χ1v) is 15.5. The van der Waals surface area contributed by atoms with E-state index in [-0.39, 0.29) is 23.9 Å². The van der Waals surface area contributed by atoms with Gasteiger partial charge in [-0.2, -0.15) is 0 Å². The molecule has 3 amide bonds. The Morgan fingerprint density at radius 3 is 2.49 bits per heavy atom. The highest BCUT2D eigenvalue weighted by molar-refractivity contribution is 6.09. The molecule has 45 heavy (non-hydrogen) atoms. The van der Waals surface area contributed by atoms with Crippen LogP contribution in [0.3, 0.4) is 0 Å². The molecule has 234 valence electrons. The lowest BCUT2D eigenvalue weighted by Gasteiger charge is -2.43. The fourth-order valence-corrected chi connectivity index (χ4v) is 6.30. The minimum Gasteiger partial charge on any atom is -0.366 e. The normalized spacial score (nSPS) is 18.9. The smallest absolute Gasteiger partial charge is 0.249 e. The molecule has 6 rings (SSSR count). The van der Waals surface area contributed by atoms with Gasteiger partial charge in [0.1, 0.15) is 5.52 Å². The molecule has 4 N–H and O–H groups in total. The zero-order valence-electron chi connectivity index (χ0n) is 27.0. The van der Waals surface area contributed by atoms with E-state index >= 15 is 0 Å². The van der Waals surface area contributed by atoms with Crippen LogP contribution < -0.4 is 21.3 Å². The van der Waals surface area contributed by atoms with Crippen LogP contribution >= 0.6 is 0 Å². The van der Waals surface area contributed by atoms with Crippen LogP contribution in [0.5, 0.6) is 0 Å². The number of nitrogens with one attached hydrogen (secondary N) is 2. The number of aromatic nitrogens is 3. The molecule has 0 spiro atoms. The number of hydrogen-bond acceptors (Lipinski definition) is 6. The molecule has 0 atom stereocenters. The number of pyridine rings is 1. The zero-order chi connectivity index (χ0) is 32.4. The maximum Gasteiger partial charge on any atom is 0.249 e. The van der Waals surface area contributed by atoms with Gasteiger partial charge in [-0.1, -0.05) is 39.0 Å². The highest BCUT2D eigenvalue weighted by Gasteiger charge is 2.49. The van der Waals surface area contributed by atoms with Crippen LogP contribution in [0.1, 0.15) is 75.9 Å². The lowest BCUT2D eigenvalue weighted by atomic mass is 9.83. The molecule has 1 aliphatic carbocycles. The summed E-state index contributed by atoms with van der Waals surface area (Å²) < 4.78 is 2.02. The molecule has 10 nitrogen and oxygen atoms in total. The maximum atomic E-state index is 13.8. The molecule has 0 bridgehead atoms. The Morgan fingerprint density at radius 1 is 1.09 bits per heavy atom. The number of aryl methyl sites for hydroxylation is 2. The second-order valence-corrected chi connectivity index (χ2v) is 13.9. The Hall–Kier alpha value is -4.73. The topological polar surface area (TPSA) is 135 Å². The van der Waals surface area contributed by atoms with Gasteiger partial charge in [-0.3, -0.25) is 14.4 Å². The van der Waals surface area contributed by atoms with Gasteiger partial charge in [0, 0.05) is 46.5 Å². The van der Waals surface area contributed by atoms with Gasteiger partial charge in [0.15, 0.2) is 5.82 Å². The minimum atomic E-state index is -0.665. The van der Waals surface area contributed by atoms with E-state index in [9.17, 15) is 14.4 Å². The molecular weight excluding hydrogens is 566 g/mol. The summed E-state index contributed by atoms with van der Waals surface area (Å²) in [6, 6.07) is 13.6. The fourth-order valence-electron chi connectivity index (χ4n) is 6.30. The third-order valence-electron chi connectivity index (χ3n) is 9.18. The first kappa shape index (κ1) is 30.3. The number of primary amides is 1. The number of nitrogens with zero attached hydrogens (tertiary/aromatic N) is 4. The van der Waals surface area contributed by atoms with Crippen LogP contribution in [0.4, 0.5) is 17.2 Å². The molecule has 10 heteroatoms. The van der Waals surface area contributed by atoms with Crippen molar-refractivity contribution < 1.29 is 14.4 Å².